The topological polar surface area (TPSA) is 78.0 Å². The molecule has 0 amide bonds. The number of nitro groups is 1. The lowest BCUT2D eigenvalue weighted by Crippen LogP contribution is -2.13. The second kappa shape index (κ2) is 5.16. The first-order chi connectivity index (χ1) is 10.2. The number of benzene rings is 2. The summed E-state index contributed by atoms with van der Waals surface area (Å²) < 4.78 is 1.42. The fraction of sp³-hybridized carbons (Fsp3) is 0.0667. The summed E-state index contributed by atoms with van der Waals surface area (Å²) in [5, 5.41) is 11.0. The summed E-state index contributed by atoms with van der Waals surface area (Å²) in [7, 11) is 0. The van der Waals surface area contributed by atoms with Crippen LogP contribution in [0.15, 0.2) is 54.9 Å². The van der Waals surface area contributed by atoms with E-state index < -0.39 is 4.92 Å². The smallest absolute Gasteiger partial charge is 0.273 e. The van der Waals surface area contributed by atoms with Crippen LogP contribution >= 0.6 is 0 Å². The molecule has 0 aliphatic rings. The van der Waals surface area contributed by atoms with Gasteiger partial charge in [0.2, 0.25) is 5.91 Å². The molecule has 104 valence electrons. The van der Waals surface area contributed by atoms with Gasteiger partial charge in [0.25, 0.3) is 5.69 Å². The highest BCUT2D eigenvalue weighted by atomic mass is 16.6. The molecular weight excluding hydrogens is 270 g/mol. The Morgan fingerprint density at radius 2 is 1.86 bits per heavy atom. The summed E-state index contributed by atoms with van der Waals surface area (Å²) in [6.07, 6.45) is 1.40. The molecule has 3 aromatic rings. The summed E-state index contributed by atoms with van der Waals surface area (Å²) in [6, 6.07) is 13.5. The predicted octanol–water partition coefficient (Wildman–Crippen LogP) is 2.83. The summed E-state index contributed by atoms with van der Waals surface area (Å²) in [4.78, 5) is 27.0. The van der Waals surface area contributed by atoms with E-state index in [1.807, 2.05) is 18.2 Å². The third-order valence-corrected chi connectivity index (χ3v) is 3.25. The molecule has 0 atom stereocenters. The molecular formula is C15H11N3O3. The van der Waals surface area contributed by atoms with Gasteiger partial charge >= 0.3 is 0 Å². The number of para-hydroxylation sites is 3. The zero-order valence-corrected chi connectivity index (χ0v) is 11.0. The van der Waals surface area contributed by atoms with Crippen molar-refractivity contribution >= 4 is 22.6 Å². The monoisotopic (exact) mass is 281 g/mol. The number of imidazole rings is 1. The van der Waals surface area contributed by atoms with E-state index in [4.69, 9.17) is 0 Å². The third kappa shape index (κ3) is 2.38. The Morgan fingerprint density at radius 3 is 2.67 bits per heavy atom. The Hall–Kier alpha value is -3.02. The third-order valence-electron chi connectivity index (χ3n) is 3.25. The van der Waals surface area contributed by atoms with Crippen LogP contribution in [-0.4, -0.2) is 20.4 Å². The fourth-order valence-corrected chi connectivity index (χ4v) is 2.24. The molecule has 6 nitrogen and oxygen atoms in total. The van der Waals surface area contributed by atoms with Gasteiger partial charge in [0.15, 0.2) is 0 Å². The van der Waals surface area contributed by atoms with E-state index >= 15 is 0 Å². The van der Waals surface area contributed by atoms with Gasteiger partial charge < -0.3 is 0 Å². The number of hydrogen-bond donors (Lipinski definition) is 0. The van der Waals surface area contributed by atoms with Gasteiger partial charge in [0.1, 0.15) is 6.33 Å². The number of rotatable bonds is 3. The summed E-state index contributed by atoms with van der Waals surface area (Å²) in [5.74, 6) is -0.252. The van der Waals surface area contributed by atoms with Crippen molar-refractivity contribution in [3.05, 3.63) is 70.5 Å². The van der Waals surface area contributed by atoms with Crippen LogP contribution in [0, 0.1) is 10.1 Å². The lowest BCUT2D eigenvalue weighted by molar-refractivity contribution is -0.385. The Kier molecular flexibility index (Phi) is 3.19. The first kappa shape index (κ1) is 13.0. The molecule has 0 saturated heterocycles. The molecule has 0 saturated carbocycles. The highest BCUT2D eigenvalue weighted by molar-refractivity contribution is 5.91. The van der Waals surface area contributed by atoms with Gasteiger partial charge in [-0.1, -0.05) is 30.3 Å². The normalized spacial score (nSPS) is 10.7. The van der Waals surface area contributed by atoms with Crippen LogP contribution in [0.25, 0.3) is 11.0 Å². The molecule has 0 N–H and O–H groups in total. The second-order valence-electron chi connectivity index (χ2n) is 4.56. The number of hydrogen-bond acceptors (Lipinski definition) is 4. The first-order valence-electron chi connectivity index (χ1n) is 6.34. The SMILES string of the molecule is O=C(Cc1ccccc1[N+](=O)[O-])n1cnc2ccccc21. The maximum absolute atomic E-state index is 12.4. The number of nitro benzene ring substituents is 1. The van der Waals surface area contributed by atoms with Gasteiger partial charge in [-0.05, 0) is 12.1 Å². The zero-order valence-electron chi connectivity index (χ0n) is 11.0. The lowest BCUT2D eigenvalue weighted by Gasteiger charge is -2.04. The van der Waals surface area contributed by atoms with E-state index in [-0.39, 0.29) is 18.0 Å². The zero-order chi connectivity index (χ0) is 14.8. The van der Waals surface area contributed by atoms with Crippen LogP contribution < -0.4 is 0 Å². The van der Waals surface area contributed by atoms with Crippen molar-refractivity contribution in [1.29, 1.82) is 0 Å². The number of aromatic nitrogens is 2. The largest absolute Gasteiger partial charge is 0.274 e. The highest BCUT2D eigenvalue weighted by Gasteiger charge is 2.17. The van der Waals surface area contributed by atoms with Crippen LogP contribution in [0.2, 0.25) is 0 Å². The van der Waals surface area contributed by atoms with Gasteiger partial charge in [-0.15, -0.1) is 0 Å². The van der Waals surface area contributed by atoms with Gasteiger partial charge in [-0.3, -0.25) is 19.5 Å². The molecule has 0 unspecified atom stereocenters. The van der Waals surface area contributed by atoms with Crippen LogP contribution in [0.1, 0.15) is 10.4 Å². The van der Waals surface area contributed by atoms with Crippen molar-refractivity contribution < 1.29 is 9.72 Å². The molecule has 21 heavy (non-hydrogen) atoms. The molecule has 0 radical (unpaired) electrons. The molecule has 1 heterocycles. The highest BCUT2D eigenvalue weighted by Crippen LogP contribution is 2.20. The standard InChI is InChI=1S/C15H11N3O3/c19-15(9-11-5-1-3-7-13(11)18(20)21)17-10-16-12-6-2-4-8-14(12)17/h1-8,10H,9H2. The summed E-state index contributed by atoms with van der Waals surface area (Å²) in [5.41, 5.74) is 1.76. The minimum Gasteiger partial charge on any atom is -0.274 e. The minimum absolute atomic E-state index is 0.0441. The first-order valence-corrected chi connectivity index (χ1v) is 6.34. The second-order valence-corrected chi connectivity index (χ2v) is 4.56. The van der Waals surface area contributed by atoms with E-state index in [1.165, 1.54) is 17.0 Å². The van der Waals surface area contributed by atoms with E-state index in [2.05, 4.69) is 4.98 Å². The summed E-state index contributed by atoms with van der Waals surface area (Å²) >= 11 is 0. The van der Waals surface area contributed by atoms with Crippen molar-refractivity contribution in [2.45, 2.75) is 6.42 Å². The van der Waals surface area contributed by atoms with Gasteiger partial charge in [0, 0.05) is 11.6 Å². The molecule has 1 aromatic heterocycles. The number of nitrogens with zero attached hydrogens (tertiary/aromatic N) is 3. The minimum atomic E-state index is -0.478. The van der Waals surface area contributed by atoms with Crippen molar-refractivity contribution in [3.8, 4) is 0 Å². The van der Waals surface area contributed by atoms with E-state index in [9.17, 15) is 14.9 Å². The molecule has 0 fully saturated rings. The Bertz CT molecular complexity index is 839. The lowest BCUT2D eigenvalue weighted by atomic mass is 10.1. The predicted molar refractivity (Wildman–Crippen MR) is 77.2 cm³/mol. The number of carbonyl (C=O) groups excluding carboxylic acids is 1. The maximum atomic E-state index is 12.4. The maximum Gasteiger partial charge on any atom is 0.273 e. The van der Waals surface area contributed by atoms with E-state index in [0.717, 1.165) is 0 Å². The van der Waals surface area contributed by atoms with Crippen molar-refractivity contribution in [1.82, 2.24) is 9.55 Å². The molecule has 3 rings (SSSR count). The van der Waals surface area contributed by atoms with Crippen LogP contribution in [0.5, 0.6) is 0 Å². The molecule has 0 bridgehead atoms. The van der Waals surface area contributed by atoms with Crippen LogP contribution in [-0.2, 0) is 6.42 Å². The molecule has 0 aliphatic heterocycles. The number of fused-ring (bicyclic) bond motifs is 1. The van der Waals surface area contributed by atoms with Crippen molar-refractivity contribution in [2.75, 3.05) is 0 Å². The van der Waals surface area contributed by atoms with E-state index in [1.54, 1.807) is 24.3 Å². The quantitative estimate of drug-likeness (QED) is 0.546. The average molecular weight is 281 g/mol. The number of carbonyl (C=O) groups is 1. The molecule has 0 spiro atoms. The van der Waals surface area contributed by atoms with Gasteiger partial charge in [0.05, 0.1) is 22.4 Å². The molecule has 0 aliphatic carbocycles. The van der Waals surface area contributed by atoms with Crippen LogP contribution in [0.4, 0.5) is 5.69 Å². The fourth-order valence-electron chi connectivity index (χ4n) is 2.24. The average Bonchev–Trinajstić information content (AvgIpc) is 2.91. The van der Waals surface area contributed by atoms with Crippen molar-refractivity contribution in [2.24, 2.45) is 0 Å². The van der Waals surface area contributed by atoms with Crippen molar-refractivity contribution in [3.63, 3.8) is 0 Å². The van der Waals surface area contributed by atoms with Gasteiger partial charge in [-0.25, -0.2) is 4.98 Å². The summed E-state index contributed by atoms with van der Waals surface area (Å²) in [6.45, 7) is 0. The Labute approximate surface area is 119 Å². The molecule has 6 heteroatoms. The van der Waals surface area contributed by atoms with Crippen LogP contribution in [0.3, 0.4) is 0 Å². The van der Waals surface area contributed by atoms with Gasteiger partial charge in [-0.2, -0.15) is 0 Å². The Balaban J connectivity index is 1.96. The Morgan fingerprint density at radius 1 is 1.14 bits per heavy atom. The molecule has 2 aromatic carbocycles. The van der Waals surface area contributed by atoms with E-state index in [0.29, 0.717) is 16.6 Å².